The number of carbonyl (C=O) groups is 1. The summed E-state index contributed by atoms with van der Waals surface area (Å²) in [6, 6.07) is 21.0. The normalized spacial score (nSPS) is 11.5. The van der Waals surface area contributed by atoms with Crippen molar-refractivity contribution in [1.82, 2.24) is 10.3 Å². The molecule has 0 unspecified atom stereocenters. The van der Waals surface area contributed by atoms with Gasteiger partial charge in [0.25, 0.3) is 5.78 Å². The van der Waals surface area contributed by atoms with E-state index in [2.05, 4.69) is 10.0 Å². The van der Waals surface area contributed by atoms with E-state index in [1.54, 1.807) is 12.1 Å². The number of aromatic nitrogens is 3. The minimum atomic E-state index is -4.89. The van der Waals surface area contributed by atoms with E-state index in [1.165, 1.54) is 26.4 Å². The molecule has 6 rings (SSSR count). The Morgan fingerprint density at radius 2 is 1.67 bits per heavy atom. The van der Waals surface area contributed by atoms with Crippen molar-refractivity contribution in [3.63, 3.8) is 0 Å². The summed E-state index contributed by atoms with van der Waals surface area (Å²) in [5.74, 6) is -1.38. The zero-order valence-corrected chi connectivity index (χ0v) is 24.2. The number of ketones is 1. The number of carbonyl (C=O) groups excluding carboxylic acids is 1. The number of rotatable bonds is 8. The van der Waals surface area contributed by atoms with Gasteiger partial charge in [-0.15, -0.1) is 24.5 Å². The van der Waals surface area contributed by atoms with Crippen molar-refractivity contribution in [1.29, 1.82) is 0 Å². The fraction of sp³-hybridized carbons (Fsp3) is 0.0968. The molecule has 10 nitrogen and oxygen atoms in total. The lowest BCUT2D eigenvalue weighted by molar-refractivity contribution is -0.672. The Labute approximate surface area is 256 Å². The van der Waals surface area contributed by atoms with Crippen LogP contribution < -0.4 is 29.7 Å². The lowest BCUT2D eigenvalue weighted by Gasteiger charge is -2.12. The number of anilines is 1. The van der Waals surface area contributed by atoms with E-state index >= 15 is 0 Å². The smallest absolute Gasteiger partial charge is 0.539 e. The van der Waals surface area contributed by atoms with E-state index < -0.39 is 29.5 Å². The van der Waals surface area contributed by atoms with Crippen LogP contribution in [0.15, 0.2) is 83.4 Å². The summed E-state index contributed by atoms with van der Waals surface area (Å²) in [6.45, 7) is 0. The largest absolute Gasteiger partial charge is 0.573 e. The van der Waals surface area contributed by atoms with Crippen LogP contribution >= 0.6 is 11.3 Å². The van der Waals surface area contributed by atoms with Crippen LogP contribution in [0.5, 0.6) is 23.2 Å². The number of methoxy groups -OCH3 is 2. The lowest BCUT2D eigenvalue weighted by atomic mass is 9.98. The summed E-state index contributed by atoms with van der Waals surface area (Å²) in [7, 11) is 3.04. The van der Waals surface area contributed by atoms with Crippen molar-refractivity contribution >= 4 is 33.0 Å². The molecule has 45 heavy (non-hydrogen) atoms. The molecule has 0 saturated heterocycles. The molecule has 0 aliphatic carbocycles. The highest BCUT2D eigenvalue weighted by Gasteiger charge is 2.34. The van der Waals surface area contributed by atoms with Crippen molar-refractivity contribution in [2.45, 2.75) is 6.36 Å². The van der Waals surface area contributed by atoms with Crippen molar-refractivity contribution in [3.05, 3.63) is 89.4 Å². The molecule has 0 bridgehead atoms. The van der Waals surface area contributed by atoms with Gasteiger partial charge < -0.3 is 29.6 Å². The average Bonchev–Trinajstić information content (AvgIpc) is 3.59. The molecule has 6 aromatic rings. The third kappa shape index (κ3) is 5.58. The molecule has 0 atom stereocenters. The minimum Gasteiger partial charge on any atom is -0.539 e. The predicted octanol–water partition coefficient (Wildman–Crippen LogP) is 5.70. The molecule has 228 valence electrons. The second-order valence-corrected chi connectivity index (χ2v) is 10.5. The van der Waals surface area contributed by atoms with Crippen molar-refractivity contribution < 1.29 is 46.5 Å². The SMILES string of the molecule is COc1ccc(-c2cc(-c3ccccc3)nc3sc(C(=O)c4c([O-])on[n+]4-c4ccc(OC(F)(F)F)cc4)c(N)c23)cc1OC. The number of nitrogen functional groups attached to an aromatic ring is 1. The average molecular weight is 635 g/mol. The zero-order valence-electron chi connectivity index (χ0n) is 23.4. The van der Waals surface area contributed by atoms with Gasteiger partial charge in [-0.2, -0.15) is 0 Å². The van der Waals surface area contributed by atoms with Gasteiger partial charge in [0.05, 0.1) is 30.9 Å². The number of fused-ring (bicyclic) bond motifs is 1. The Bertz CT molecular complexity index is 2040. The number of ether oxygens (including phenoxy) is 3. The molecule has 0 radical (unpaired) electrons. The van der Waals surface area contributed by atoms with Gasteiger partial charge in [-0.3, -0.25) is 4.79 Å². The molecule has 3 aromatic carbocycles. The summed E-state index contributed by atoms with van der Waals surface area (Å²) < 4.78 is 58.3. The van der Waals surface area contributed by atoms with E-state index in [0.29, 0.717) is 38.5 Å². The molecule has 14 heteroatoms. The zero-order chi connectivity index (χ0) is 31.9. The van der Waals surface area contributed by atoms with Crippen LogP contribution in [0.4, 0.5) is 18.9 Å². The third-order valence-corrected chi connectivity index (χ3v) is 7.91. The van der Waals surface area contributed by atoms with E-state index in [4.69, 9.17) is 24.7 Å². The summed E-state index contributed by atoms with van der Waals surface area (Å²) in [5.41, 5.74) is 9.04. The number of hydrogen-bond acceptors (Lipinski definition) is 10. The van der Waals surface area contributed by atoms with Crippen molar-refractivity contribution in [2.75, 3.05) is 20.0 Å². The Hall–Kier alpha value is -5.63. The van der Waals surface area contributed by atoms with Crippen molar-refractivity contribution in [3.8, 4) is 51.3 Å². The number of nitrogens with two attached hydrogens (primary N) is 1. The highest BCUT2D eigenvalue weighted by Crippen LogP contribution is 2.44. The molecule has 0 amide bonds. The molecule has 3 heterocycles. The van der Waals surface area contributed by atoms with Gasteiger partial charge in [-0.05, 0) is 46.1 Å². The number of halogens is 3. The third-order valence-electron chi connectivity index (χ3n) is 6.81. The van der Waals surface area contributed by atoms with E-state index in [0.717, 1.165) is 33.7 Å². The van der Waals surface area contributed by atoms with Crippen molar-refractivity contribution in [2.24, 2.45) is 0 Å². The van der Waals surface area contributed by atoms with Crippen LogP contribution in [-0.2, 0) is 0 Å². The van der Waals surface area contributed by atoms with Crippen LogP contribution in [0.2, 0.25) is 0 Å². The molecule has 2 N–H and O–H groups in total. The van der Waals surface area contributed by atoms with Gasteiger partial charge in [-0.25, -0.2) is 4.98 Å². The standard InChI is InChI=1S/C31H21F3N4O6S/c1-41-22-13-8-17(14-23(22)42-2)20-15-21(16-6-4-3-5-7-16)36-29-24(20)25(35)28(45-29)27(39)26-30(40)44-37-38(26)18-9-11-19(12-10-18)43-31(32,33)34/h3-15H,1-2H3,(H2-,35,37,39,40). The molecular weight excluding hydrogens is 613 g/mol. The topological polar surface area (TPSA) is 137 Å². The Balaban J connectivity index is 1.50. The molecule has 0 aliphatic heterocycles. The number of nitrogens with zero attached hydrogens (tertiary/aromatic N) is 3. The minimum absolute atomic E-state index is 0.00415. The first-order chi connectivity index (χ1) is 21.6. The summed E-state index contributed by atoms with van der Waals surface area (Å²) >= 11 is 0.979. The van der Waals surface area contributed by atoms with E-state index in [1.807, 2.05) is 42.5 Å². The van der Waals surface area contributed by atoms with Gasteiger partial charge in [0.2, 0.25) is 5.69 Å². The molecule has 0 aliphatic rings. The maximum atomic E-state index is 13.9. The number of benzene rings is 3. The fourth-order valence-corrected chi connectivity index (χ4v) is 5.85. The highest BCUT2D eigenvalue weighted by molar-refractivity contribution is 7.21. The van der Waals surface area contributed by atoms with Gasteiger partial charge in [0, 0.05) is 23.1 Å². The van der Waals surface area contributed by atoms with Gasteiger partial charge in [0.15, 0.2) is 17.4 Å². The lowest BCUT2D eigenvalue weighted by Crippen LogP contribution is -2.39. The van der Waals surface area contributed by atoms with E-state index in [9.17, 15) is 23.1 Å². The van der Waals surface area contributed by atoms with E-state index in [-0.39, 0.29) is 16.3 Å². The summed E-state index contributed by atoms with van der Waals surface area (Å²) in [4.78, 5) is 19.1. The molecule has 3 aromatic heterocycles. The second kappa shape index (κ2) is 11.5. The van der Waals surface area contributed by atoms with Crippen LogP contribution in [-0.4, -0.2) is 36.6 Å². The van der Waals surface area contributed by atoms with Gasteiger partial charge in [0.1, 0.15) is 15.5 Å². The van der Waals surface area contributed by atoms with Crippen LogP contribution in [0.3, 0.4) is 0 Å². The maximum Gasteiger partial charge on any atom is 0.573 e. The van der Waals surface area contributed by atoms with Crippen LogP contribution in [0.1, 0.15) is 15.4 Å². The Kier molecular flexibility index (Phi) is 7.50. The number of alkyl halides is 3. The summed E-state index contributed by atoms with van der Waals surface area (Å²) in [5, 5.41) is 16.9. The fourth-order valence-electron chi connectivity index (χ4n) is 4.79. The predicted molar refractivity (Wildman–Crippen MR) is 156 cm³/mol. The first kappa shape index (κ1) is 29.4. The monoisotopic (exact) mass is 634 g/mol. The molecule has 0 fully saturated rings. The molecule has 0 spiro atoms. The first-order valence-electron chi connectivity index (χ1n) is 13.1. The quantitative estimate of drug-likeness (QED) is 0.165. The molecular formula is C31H21F3N4O6S. The number of hydrogen-bond donors (Lipinski definition) is 1. The maximum absolute atomic E-state index is 13.9. The van der Waals surface area contributed by atoms with Crippen LogP contribution in [0, 0.1) is 0 Å². The second-order valence-electron chi connectivity index (χ2n) is 9.51. The molecule has 0 saturated carbocycles. The van der Waals surface area contributed by atoms with Gasteiger partial charge >= 0.3 is 12.1 Å². The van der Waals surface area contributed by atoms with Crippen LogP contribution in [0.25, 0.3) is 38.3 Å². The Morgan fingerprint density at radius 1 is 0.956 bits per heavy atom. The first-order valence-corrected chi connectivity index (χ1v) is 13.9. The number of pyridine rings is 1. The van der Waals surface area contributed by atoms with Gasteiger partial charge in [-0.1, -0.05) is 36.4 Å². The Morgan fingerprint density at radius 3 is 2.33 bits per heavy atom. The number of thiophene rings is 1. The highest BCUT2D eigenvalue weighted by atomic mass is 32.1. The summed E-state index contributed by atoms with van der Waals surface area (Å²) in [6.07, 6.45) is -4.89.